The fourth-order valence-corrected chi connectivity index (χ4v) is 3.47. The van der Waals surface area contributed by atoms with Crippen LogP contribution in [-0.4, -0.2) is 49.0 Å². The summed E-state index contributed by atoms with van der Waals surface area (Å²) in [6.45, 7) is 8.89. The van der Waals surface area contributed by atoms with Gasteiger partial charge in [0.05, 0.1) is 6.54 Å². The van der Waals surface area contributed by atoms with Crippen molar-refractivity contribution in [2.75, 3.05) is 26.2 Å². The molecule has 7 heteroatoms. The van der Waals surface area contributed by atoms with E-state index in [-0.39, 0.29) is 35.7 Å². The van der Waals surface area contributed by atoms with Gasteiger partial charge in [-0.05, 0) is 69.7 Å². The van der Waals surface area contributed by atoms with Crippen LogP contribution in [0.5, 0.6) is 0 Å². The van der Waals surface area contributed by atoms with Crippen LogP contribution in [0.4, 0.5) is 4.39 Å². The SMILES string of the molecule is CCNC(=NCCC(=O)N1CCCCC1C)NCCc1ccc(F)cc1C.I. The van der Waals surface area contributed by atoms with Gasteiger partial charge in [-0.2, -0.15) is 0 Å². The maximum atomic E-state index is 13.2. The Hall–Kier alpha value is -1.38. The second kappa shape index (κ2) is 13.0. The first-order valence-corrected chi connectivity index (χ1v) is 10.1. The summed E-state index contributed by atoms with van der Waals surface area (Å²) in [6, 6.07) is 5.23. The number of likely N-dealkylation sites (tertiary alicyclic amines) is 1. The number of rotatable bonds is 7. The van der Waals surface area contributed by atoms with Crippen molar-refractivity contribution in [2.45, 2.75) is 58.9 Å². The fraction of sp³-hybridized carbons (Fsp3) is 0.619. The molecular formula is C21H34FIN4O. The van der Waals surface area contributed by atoms with E-state index in [0.717, 1.165) is 49.4 Å². The first-order valence-electron chi connectivity index (χ1n) is 10.1. The van der Waals surface area contributed by atoms with Crippen molar-refractivity contribution >= 4 is 35.8 Å². The molecule has 0 aromatic heterocycles. The fourth-order valence-electron chi connectivity index (χ4n) is 3.47. The van der Waals surface area contributed by atoms with Crippen LogP contribution >= 0.6 is 24.0 Å². The second-order valence-electron chi connectivity index (χ2n) is 7.19. The molecule has 0 aliphatic carbocycles. The van der Waals surface area contributed by atoms with Crippen LogP contribution in [0.1, 0.15) is 50.7 Å². The second-order valence-corrected chi connectivity index (χ2v) is 7.19. The van der Waals surface area contributed by atoms with Gasteiger partial charge in [-0.25, -0.2) is 4.39 Å². The number of guanidine groups is 1. The van der Waals surface area contributed by atoms with E-state index in [0.29, 0.717) is 25.6 Å². The molecule has 0 saturated carbocycles. The number of nitrogens with one attached hydrogen (secondary N) is 2. The summed E-state index contributed by atoms with van der Waals surface area (Å²) in [5.41, 5.74) is 2.08. The maximum absolute atomic E-state index is 13.2. The zero-order valence-corrected chi connectivity index (χ0v) is 19.6. The van der Waals surface area contributed by atoms with Crippen LogP contribution < -0.4 is 10.6 Å². The molecule has 1 unspecified atom stereocenters. The van der Waals surface area contributed by atoms with Gasteiger partial charge in [0.25, 0.3) is 0 Å². The number of aryl methyl sites for hydroxylation is 1. The highest BCUT2D eigenvalue weighted by molar-refractivity contribution is 14.0. The van der Waals surface area contributed by atoms with Gasteiger partial charge >= 0.3 is 0 Å². The summed E-state index contributed by atoms with van der Waals surface area (Å²) in [5.74, 6) is 0.715. The number of hydrogen-bond acceptors (Lipinski definition) is 2. The van der Waals surface area contributed by atoms with Crippen molar-refractivity contribution in [1.82, 2.24) is 15.5 Å². The molecule has 1 fully saturated rings. The topological polar surface area (TPSA) is 56.7 Å². The lowest BCUT2D eigenvalue weighted by Gasteiger charge is -2.33. The molecule has 1 heterocycles. The van der Waals surface area contributed by atoms with Gasteiger partial charge in [0, 0.05) is 32.1 Å². The summed E-state index contributed by atoms with van der Waals surface area (Å²) in [4.78, 5) is 18.9. The molecule has 2 rings (SSSR count). The van der Waals surface area contributed by atoms with E-state index < -0.39 is 0 Å². The number of benzene rings is 1. The summed E-state index contributed by atoms with van der Waals surface area (Å²) in [6.07, 6.45) is 4.65. The van der Waals surface area contributed by atoms with Crippen LogP contribution in [0.3, 0.4) is 0 Å². The molecule has 0 spiro atoms. The van der Waals surface area contributed by atoms with Crippen LogP contribution in [0.15, 0.2) is 23.2 Å². The lowest BCUT2D eigenvalue weighted by Crippen LogP contribution is -2.42. The number of carbonyl (C=O) groups is 1. The van der Waals surface area contributed by atoms with E-state index in [1.165, 1.54) is 12.5 Å². The standard InChI is InChI=1S/C21H33FN4O.HI/c1-4-23-21(24-12-10-18-8-9-19(22)15-16(18)2)25-13-11-20(27)26-14-6-5-7-17(26)3;/h8-9,15,17H,4-7,10-14H2,1-3H3,(H2,23,24,25);1H. The molecule has 5 nitrogen and oxygen atoms in total. The predicted octanol–water partition coefficient (Wildman–Crippen LogP) is 3.64. The molecule has 0 radical (unpaired) electrons. The maximum Gasteiger partial charge on any atom is 0.224 e. The molecule has 1 aromatic carbocycles. The first-order chi connectivity index (χ1) is 13.0. The Morgan fingerprint density at radius 1 is 1.32 bits per heavy atom. The number of amides is 1. The number of carbonyl (C=O) groups excluding carboxylic acids is 1. The molecule has 1 amide bonds. The third-order valence-electron chi connectivity index (χ3n) is 5.05. The van der Waals surface area contributed by atoms with Gasteiger partial charge in [0.1, 0.15) is 5.82 Å². The normalized spacial score (nSPS) is 17.1. The number of aliphatic imine (C=N–C) groups is 1. The minimum atomic E-state index is -0.202. The Morgan fingerprint density at radius 2 is 2.11 bits per heavy atom. The lowest BCUT2D eigenvalue weighted by atomic mass is 10.0. The Balaban J connectivity index is 0.00000392. The predicted molar refractivity (Wildman–Crippen MR) is 124 cm³/mol. The van der Waals surface area contributed by atoms with E-state index in [4.69, 9.17) is 0 Å². The largest absolute Gasteiger partial charge is 0.357 e. The molecule has 1 atom stereocenters. The lowest BCUT2D eigenvalue weighted by molar-refractivity contribution is -0.134. The first kappa shape index (κ1) is 24.7. The van der Waals surface area contributed by atoms with Crippen molar-refractivity contribution in [3.8, 4) is 0 Å². The van der Waals surface area contributed by atoms with Crippen molar-refractivity contribution in [1.29, 1.82) is 0 Å². The molecule has 2 N–H and O–H groups in total. The quantitative estimate of drug-likeness (QED) is 0.339. The summed E-state index contributed by atoms with van der Waals surface area (Å²) in [7, 11) is 0. The monoisotopic (exact) mass is 504 g/mol. The highest BCUT2D eigenvalue weighted by Gasteiger charge is 2.22. The van der Waals surface area contributed by atoms with Gasteiger partial charge in [-0.15, -0.1) is 24.0 Å². The zero-order valence-electron chi connectivity index (χ0n) is 17.3. The summed E-state index contributed by atoms with van der Waals surface area (Å²) in [5, 5.41) is 6.50. The smallest absolute Gasteiger partial charge is 0.224 e. The van der Waals surface area contributed by atoms with E-state index in [2.05, 4.69) is 22.5 Å². The van der Waals surface area contributed by atoms with Crippen molar-refractivity contribution in [2.24, 2.45) is 4.99 Å². The Kier molecular flexibility index (Phi) is 11.4. The van der Waals surface area contributed by atoms with Gasteiger partial charge in [-0.3, -0.25) is 9.79 Å². The van der Waals surface area contributed by atoms with E-state index in [1.54, 1.807) is 6.07 Å². The molecule has 1 aliphatic rings. The summed E-state index contributed by atoms with van der Waals surface area (Å²) < 4.78 is 13.2. The molecule has 1 aliphatic heterocycles. The van der Waals surface area contributed by atoms with Gasteiger partial charge in [0.2, 0.25) is 5.91 Å². The molecular weight excluding hydrogens is 470 g/mol. The number of halogens is 2. The van der Waals surface area contributed by atoms with E-state index in [9.17, 15) is 9.18 Å². The zero-order chi connectivity index (χ0) is 19.6. The van der Waals surface area contributed by atoms with Crippen LogP contribution in [0.2, 0.25) is 0 Å². The average molecular weight is 504 g/mol. The van der Waals surface area contributed by atoms with Crippen LogP contribution in [0.25, 0.3) is 0 Å². The van der Waals surface area contributed by atoms with Crippen molar-refractivity contribution < 1.29 is 9.18 Å². The van der Waals surface area contributed by atoms with E-state index >= 15 is 0 Å². The van der Waals surface area contributed by atoms with E-state index in [1.807, 2.05) is 24.8 Å². The molecule has 0 bridgehead atoms. The number of nitrogens with zero attached hydrogens (tertiary/aromatic N) is 2. The summed E-state index contributed by atoms with van der Waals surface area (Å²) >= 11 is 0. The third kappa shape index (κ3) is 7.93. The molecule has 158 valence electrons. The minimum absolute atomic E-state index is 0. The average Bonchev–Trinajstić information content (AvgIpc) is 2.63. The Morgan fingerprint density at radius 3 is 2.79 bits per heavy atom. The van der Waals surface area contributed by atoms with Crippen LogP contribution in [-0.2, 0) is 11.2 Å². The van der Waals surface area contributed by atoms with Crippen molar-refractivity contribution in [3.63, 3.8) is 0 Å². The molecule has 1 aromatic rings. The van der Waals surface area contributed by atoms with Gasteiger partial charge < -0.3 is 15.5 Å². The number of hydrogen-bond donors (Lipinski definition) is 2. The van der Waals surface area contributed by atoms with Crippen LogP contribution in [0, 0.1) is 12.7 Å². The van der Waals surface area contributed by atoms with Crippen molar-refractivity contribution in [3.05, 3.63) is 35.1 Å². The molecule has 1 saturated heterocycles. The highest BCUT2D eigenvalue weighted by atomic mass is 127. The van der Waals surface area contributed by atoms with Gasteiger partial charge in [0.15, 0.2) is 5.96 Å². The third-order valence-corrected chi connectivity index (χ3v) is 5.05. The minimum Gasteiger partial charge on any atom is -0.357 e. The molecule has 28 heavy (non-hydrogen) atoms. The number of piperidine rings is 1. The Labute approximate surface area is 185 Å². The highest BCUT2D eigenvalue weighted by Crippen LogP contribution is 2.17. The Bertz CT molecular complexity index is 653. The van der Waals surface area contributed by atoms with Gasteiger partial charge in [-0.1, -0.05) is 6.07 Å².